The van der Waals surface area contributed by atoms with E-state index in [1.165, 1.54) is 19.1 Å². The molecule has 0 aliphatic rings. The molecule has 1 aromatic carbocycles. The maximum atomic E-state index is 13.3. The number of hydrogen-bond acceptors (Lipinski definition) is 1. The van der Waals surface area contributed by atoms with E-state index >= 15 is 0 Å². The molecule has 1 rings (SSSR count). The Morgan fingerprint density at radius 2 is 1.86 bits per heavy atom. The largest absolute Gasteiger partial charge is 0.382 e. The van der Waals surface area contributed by atoms with E-state index in [1.807, 2.05) is 0 Å². The molecule has 76 valence electrons. The van der Waals surface area contributed by atoms with Gasteiger partial charge in [-0.25, -0.2) is 0 Å². The third-order valence-corrected chi connectivity index (χ3v) is 2.03. The van der Waals surface area contributed by atoms with Crippen molar-refractivity contribution in [2.75, 3.05) is 0 Å². The zero-order valence-corrected chi connectivity index (χ0v) is 7.87. The van der Waals surface area contributed by atoms with Crippen LogP contribution >= 0.6 is 0 Å². The van der Waals surface area contributed by atoms with E-state index in [0.29, 0.717) is 0 Å². The maximum absolute atomic E-state index is 13.3. The highest BCUT2D eigenvalue weighted by Gasteiger charge is 2.40. The third-order valence-electron chi connectivity index (χ3n) is 2.03. The summed E-state index contributed by atoms with van der Waals surface area (Å²) in [6, 6.07) is 7.83. The van der Waals surface area contributed by atoms with Crippen LogP contribution in [0, 0.1) is 0 Å². The summed E-state index contributed by atoms with van der Waals surface area (Å²) < 4.78 is 26.6. The molecule has 0 amide bonds. The number of aliphatic hydroxyl groups excluding tert-OH is 1. The molecule has 0 heterocycles. The summed E-state index contributed by atoms with van der Waals surface area (Å²) in [6.07, 6.45) is -1.82. The molecule has 0 fully saturated rings. The van der Waals surface area contributed by atoms with Crippen LogP contribution in [0.3, 0.4) is 0 Å². The van der Waals surface area contributed by atoms with Gasteiger partial charge in [-0.15, -0.1) is 0 Å². The predicted molar refractivity (Wildman–Crippen MR) is 51.2 cm³/mol. The van der Waals surface area contributed by atoms with Gasteiger partial charge >= 0.3 is 0 Å². The molecule has 0 radical (unpaired) electrons. The van der Waals surface area contributed by atoms with Crippen LogP contribution in [-0.2, 0) is 0 Å². The summed E-state index contributed by atoms with van der Waals surface area (Å²) in [5.41, 5.74) is -0.144. The third kappa shape index (κ3) is 1.99. The maximum Gasteiger partial charge on any atom is 0.298 e. The van der Waals surface area contributed by atoms with Crippen molar-refractivity contribution in [3.05, 3.63) is 48.0 Å². The van der Waals surface area contributed by atoms with E-state index in [-0.39, 0.29) is 11.1 Å². The van der Waals surface area contributed by atoms with Crippen LogP contribution in [0.4, 0.5) is 8.78 Å². The molecule has 0 bridgehead atoms. The summed E-state index contributed by atoms with van der Waals surface area (Å²) in [5.74, 6) is -3.28. The van der Waals surface area contributed by atoms with Crippen LogP contribution in [0.2, 0.25) is 0 Å². The van der Waals surface area contributed by atoms with Gasteiger partial charge in [0.05, 0.1) is 0 Å². The quantitative estimate of drug-likeness (QED) is 0.740. The molecule has 1 nitrogen and oxygen atoms in total. The molecule has 1 N–H and O–H groups in total. The van der Waals surface area contributed by atoms with Crippen LogP contribution in [0.15, 0.2) is 42.5 Å². The van der Waals surface area contributed by atoms with Crippen molar-refractivity contribution in [1.29, 1.82) is 0 Å². The van der Waals surface area contributed by atoms with Crippen molar-refractivity contribution in [1.82, 2.24) is 0 Å². The summed E-state index contributed by atoms with van der Waals surface area (Å²) in [5, 5.41) is 9.41. The standard InChI is InChI=1S/C11H12F2O/c1-8(2)11(12,13)10(14)9-6-4-3-5-7-9/h3-7,10,14H,1H2,2H3. The topological polar surface area (TPSA) is 20.2 Å². The summed E-state index contributed by atoms with van der Waals surface area (Å²) in [6.45, 7) is 4.36. The lowest BCUT2D eigenvalue weighted by Crippen LogP contribution is -2.27. The Morgan fingerprint density at radius 3 is 2.29 bits per heavy atom. The Labute approximate surface area is 81.7 Å². The zero-order chi connectivity index (χ0) is 10.8. The predicted octanol–water partition coefficient (Wildman–Crippen LogP) is 2.93. The number of halogens is 2. The lowest BCUT2D eigenvalue weighted by atomic mass is 9.99. The number of aliphatic hydroxyl groups is 1. The Hall–Kier alpha value is -1.22. The van der Waals surface area contributed by atoms with E-state index in [1.54, 1.807) is 18.2 Å². The molecule has 1 aromatic rings. The summed E-state index contributed by atoms with van der Waals surface area (Å²) in [4.78, 5) is 0. The van der Waals surface area contributed by atoms with Gasteiger partial charge in [-0.2, -0.15) is 8.78 Å². The zero-order valence-electron chi connectivity index (χ0n) is 7.87. The highest BCUT2D eigenvalue weighted by atomic mass is 19.3. The van der Waals surface area contributed by atoms with Gasteiger partial charge in [-0.05, 0) is 18.1 Å². The highest BCUT2D eigenvalue weighted by molar-refractivity contribution is 5.23. The molecule has 1 unspecified atom stereocenters. The van der Waals surface area contributed by atoms with Crippen molar-refractivity contribution < 1.29 is 13.9 Å². The molecule has 3 heteroatoms. The summed E-state index contributed by atoms with van der Waals surface area (Å²) in [7, 11) is 0. The van der Waals surface area contributed by atoms with E-state index in [4.69, 9.17) is 0 Å². The van der Waals surface area contributed by atoms with Gasteiger partial charge < -0.3 is 5.11 Å². The average molecular weight is 198 g/mol. The van der Waals surface area contributed by atoms with E-state index in [9.17, 15) is 13.9 Å². The Bertz CT molecular complexity index is 319. The Kier molecular flexibility index (Phi) is 3.01. The summed E-state index contributed by atoms with van der Waals surface area (Å²) >= 11 is 0. The number of benzene rings is 1. The van der Waals surface area contributed by atoms with Gasteiger partial charge in [-0.1, -0.05) is 36.9 Å². The first-order valence-electron chi connectivity index (χ1n) is 4.23. The smallest absolute Gasteiger partial charge is 0.298 e. The molecule has 1 atom stereocenters. The lowest BCUT2D eigenvalue weighted by Gasteiger charge is -2.22. The molecular formula is C11H12F2O. The SMILES string of the molecule is C=C(C)C(F)(F)C(O)c1ccccc1. The fourth-order valence-corrected chi connectivity index (χ4v) is 1.08. The van der Waals surface area contributed by atoms with E-state index < -0.39 is 12.0 Å². The van der Waals surface area contributed by atoms with Crippen LogP contribution in [0.5, 0.6) is 0 Å². The van der Waals surface area contributed by atoms with E-state index in [0.717, 1.165) is 0 Å². The van der Waals surface area contributed by atoms with Crippen LogP contribution in [0.1, 0.15) is 18.6 Å². The van der Waals surface area contributed by atoms with Crippen LogP contribution < -0.4 is 0 Å². The molecule has 0 saturated heterocycles. The molecule has 14 heavy (non-hydrogen) atoms. The molecule has 0 spiro atoms. The average Bonchev–Trinajstić information content (AvgIpc) is 2.17. The van der Waals surface area contributed by atoms with Gasteiger partial charge in [0.15, 0.2) is 0 Å². The van der Waals surface area contributed by atoms with Gasteiger partial charge in [0.1, 0.15) is 6.10 Å². The second-order valence-electron chi connectivity index (χ2n) is 3.22. The second-order valence-corrected chi connectivity index (χ2v) is 3.22. The van der Waals surface area contributed by atoms with Gasteiger partial charge in [-0.3, -0.25) is 0 Å². The number of alkyl halides is 2. The second kappa shape index (κ2) is 3.88. The van der Waals surface area contributed by atoms with Crippen molar-refractivity contribution in [2.45, 2.75) is 19.0 Å². The normalized spacial score (nSPS) is 13.7. The Balaban J connectivity index is 2.96. The minimum atomic E-state index is -3.28. The van der Waals surface area contributed by atoms with Gasteiger partial charge in [0, 0.05) is 0 Å². The van der Waals surface area contributed by atoms with Crippen LogP contribution in [-0.4, -0.2) is 11.0 Å². The molecule has 0 aromatic heterocycles. The molecule has 0 aliphatic carbocycles. The van der Waals surface area contributed by atoms with Crippen molar-refractivity contribution >= 4 is 0 Å². The first kappa shape index (κ1) is 10.9. The van der Waals surface area contributed by atoms with Gasteiger partial charge in [0.2, 0.25) is 0 Å². The van der Waals surface area contributed by atoms with Crippen molar-refractivity contribution in [3.63, 3.8) is 0 Å². The highest BCUT2D eigenvalue weighted by Crippen LogP contribution is 2.36. The molecule has 0 aliphatic heterocycles. The minimum absolute atomic E-state index is 0.195. The fraction of sp³-hybridized carbons (Fsp3) is 0.273. The minimum Gasteiger partial charge on any atom is -0.382 e. The Morgan fingerprint density at radius 1 is 1.36 bits per heavy atom. The monoisotopic (exact) mass is 198 g/mol. The first-order chi connectivity index (χ1) is 6.46. The number of rotatable bonds is 3. The fourth-order valence-electron chi connectivity index (χ4n) is 1.08. The molecule has 0 saturated carbocycles. The first-order valence-corrected chi connectivity index (χ1v) is 4.23. The van der Waals surface area contributed by atoms with E-state index in [2.05, 4.69) is 6.58 Å². The molecular weight excluding hydrogens is 186 g/mol. The van der Waals surface area contributed by atoms with Crippen LogP contribution in [0.25, 0.3) is 0 Å². The van der Waals surface area contributed by atoms with Crippen molar-refractivity contribution in [2.24, 2.45) is 0 Å². The van der Waals surface area contributed by atoms with Gasteiger partial charge in [0.25, 0.3) is 5.92 Å². The lowest BCUT2D eigenvalue weighted by molar-refractivity contribution is -0.0802. The van der Waals surface area contributed by atoms with Crippen molar-refractivity contribution in [3.8, 4) is 0 Å². The number of hydrogen-bond donors (Lipinski definition) is 1.